The van der Waals surface area contributed by atoms with Crippen molar-refractivity contribution in [3.8, 4) is 0 Å². The Balaban J connectivity index is 2.80. The molecule has 0 aliphatic heterocycles. The molecule has 0 aromatic heterocycles. The van der Waals surface area contributed by atoms with Crippen LogP contribution in [0.1, 0.15) is 0 Å². The molecule has 6 heteroatoms. The van der Waals surface area contributed by atoms with Crippen LogP contribution in [0.4, 0.5) is 0 Å². The zero-order valence-corrected chi connectivity index (χ0v) is 9.55. The molecule has 0 fully saturated rings. The van der Waals surface area contributed by atoms with Gasteiger partial charge in [0.05, 0.1) is 0 Å². The van der Waals surface area contributed by atoms with Crippen LogP contribution in [0, 0.1) is 0 Å². The van der Waals surface area contributed by atoms with E-state index in [0.717, 1.165) is 0 Å². The first-order chi connectivity index (χ1) is 7.61. The molecule has 2 aliphatic rings. The van der Waals surface area contributed by atoms with Gasteiger partial charge in [0.2, 0.25) is 20.6 Å². The Kier molecular flexibility index (Phi) is 2.76. The maximum absolute atomic E-state index is 10.9. The summed E-state index contributed by atoms with van der Waals surface area (Å²) in [6, 6.07) is 0. The van der Waals surface area contributed by atoms with Gasteiger partial charge < -0.3 is 0 Å². The lowest BCUT2D eigenvalue weighted by atomic mass is 9.92. The molecule has 0 unspecified atom stereocenters. The van der Waals surface area contributed by atoms with Gasteiger partial charge in [-0.15, -0.1) is 0 Å². The van der Waals surface area contributed by atoms with Crippen molar-refractivity contribution in [3.05, 3.63) is 47.6 Å². The van der Waals surface area contributed by atoms with E-state index in [0.29, 0.717) is 11.1 Å². The molecule has 16 heavy (non-hydrogen) atoms. The number of fused-ring (bicyclic) bond motifs is 1. The van der Waals surface area contributed by atoms with E-state index in [1.165, 1.54) is 24.3 Å². The Morgan fingerprint density at radius 1 is 0.688 bits per heavy atom. The Morgan fingerprint density at radius 3 is 1.38 bits per heavy atom. The predicted molar refractivity (Wildman–Crippen MR) is 62.3 cm³/mol. The summed E-state index contributed by atoms with van der Waals surface area (Å²) in [5.41, 5.74) is 0.829. The second-order valence-corrected chi connectivity index (χ2v) is 4.90. The van der Waals surface area contributed by atoms with Crippen LogP contribution in [0.25, 0.3) is 0 Å². The van der Waals surface area contributed by atoms with Crippen LogP contribution < -0.4 is 0 Å². The SMILES string of the molecule is O=S(=O)=C1C=CC=C2C1=CC=CC2=S(=O)=O. The van der Waals surface area contributed by atoms with Crippen LogP contribution in [0.15, 0.2) is 47.6 Å². The van der Waals surface area contributed by atoms with Gasteiger partial charge in [0.1, 0.15) is 9.73 Å². The molecule has 0 aromatic carbocycles. The van der Waals surface area contributed by atoms with Crippen molar-refractivity contribution in [2.24, 2.45) is 0 Å². The molecular formula is C10H6O4S2. The Hall–Kier alpha value is -1.66. The minimum Gasteiger partial charge on any atom is -0.184 e. The fourth-order valence-electron chi connectivity index (χ4n) is 1.54. The summed E-state index contributed by atoms with van der Waals surface area (Å²) in [4.78, 5) is 0.203. The standard InChI is InChI=1S/C10H6O4S2/c11-15(12)9-5-1-3-7-8(9)4-2-6-10(7)16(13)14/h1-6H. The van der Waals surface area contributed by atoms with Gasteiger partial charge in [0.15, 0.2) is 0 Å². The van der Waals surface area contributed by atoms with Crippen LogP contribution in [-0.2, 0) is 20.6 Å². The highest BCUT2D eigenvalue weighted by Gasteiger charge is 2.20. The largest absolute Gasteiger partial charge is 0.222 e. The monoisotopic (exact) mass is 254 g/mol. The lowest BCUT2D eigenvalue weighted by molar-refractivity contribution is 0.625. The first kappa shape index (κ1) is 10.8. The minimum absolute atomic E-state index is 0.102. The van der Waals surface area contributed by atoms with Crippen molar-refractivity contribution in [3.63, 3.8) is 0 Å². The van der Waals surface area contributed by atoms with Crippen LogP contribution in [-0.4, -0.2) is 26.6 Å². The lowest BCUT2D eigenvalue weighted by Gasteiger charge is -2.14. The Bertz CT molecular complexity index is 657. The van der Waals surface area contributed by atoms with E-state index >= 15 is 0 Å². The van der Waals surface area contributed by atoms with E-state index in [2.05, 4.69) is 0 Å². The van der Waals surface area contributed by atoms with E-state index in [9.17, 15) is 16.8 Å². The van der Waals surface area contributed by atoms with Gasteiger partial charge in [-0.25, -0.2) is 0 Å². The average molecular weight is 254 g/mol. The fraction of sp³-hybridized carbons (Fsp3) is 0. The summed E-state index contributed by atoms with van der Waals surface area (Å²) in [5.74, 6) is 0. The van der Waals surface area contributed by atoms with Crippen LogP contribution >= 0.6 is 0 Å². The minimum atomic E-state index is -2.38. The van der Waals surface area contributed by atoms with Crippen molar-refractivity contribution < 1.29 is 16.8 Å². The first-order valence-electron chi connectivity index (χ1n) is 4.31. The molecule has 0 N–H and O–H groups in total. The van der Waals surface area contributed by atoms with Crippen molar-refractivity contribution in [2.45, 2.75) is 0 Å². The van der Waals surface area contributed by atoms with Crippen LogP contribution in [0.3, 0.4) is 0 Å². The Labute approximate surface area is 95.0 Å². The third-order valence-electron chi connectivity index (χ3n) is 2.20. The number of rotatable bonds is 0. The van der Waals surface area contributed by atoms with E-state index in [1.807, 2.05) is 0 Å². The van der Waals surface area contributed by atoms with Crippen molar-refractivity contribution in [1.29, 1.82) is 0 Å². The van der Waals surface area contributed by atoms with Gasteiger partial charge in [0.25, 0.3) is 0 Å². The van der Waals surface area contributed by atoms with Gasteiger partial charge in [0, 0.05) is 11.1 Å². The lowest BCUT2D eigenvalue weighted by Crippen LogP contribution is -2.15. The van der Waals surface area contributed by atoms with Crippen molar-refractivity contribution >= 4 is 30.3 Å². The molecule has 2 rings (SSSR count). The molecule has 0 amide bonds. The van der Waals surface area contributed by atoms with Gasteiger partial charge >= 0.3 is 0 Å². The summed E-state index contributed by atoms with van der Waals surface area (Å²) < 4.78 is 43.8. The Morgan fingerprint density at radius 2 is 1.06 bits per heavy atom. The van der Waals surface area contributed by atoms with Gasteiger partial charge in [-0.05, 0) is 12.2 Å². The molecular weight excluding hydrogens is 248 g/mol. The predicted octanol–water partition coefficient (Wildman–Crippen LogP) is 0.0818. The molecule has 0 bridgehead atoms. The molecule has 0 saturated carbocycles. The maximum Gasteiger partial charge on any atom is 0.222 e. The third-order valence-corrected chi connectivity index (χ3v) is 3.63. The van der Waals surface area contributed by atoms with E-state index in [-0.39, 0.29) is 9.73 Å². The van der Waals surface area contributed by atoms with Crippen LogP contribution in [0.5, 0.6) is 0 Å². The molecule has 0 aromatic rings. The third kappa shape index (κ3) is 1.72. The summed E-state index contributed by atoms with van der Waals surface area (Å²) in [6.07, 6.45) is 9.06. The van der Waals surface area contributed by atoms with Gasteiger partial charge in [-0.3, -0.25) is 0 Å². The second-order valence-electron chi connectivity index (χ2n) is 3.08. The van der Waals surface area contributed by atoms with Crippen molar-refractivity contribution in [1.82, 2.24) is 0 Å². The van der Waals surface area contributed by atoms with E-state index in [4.69, 9.17) is 0 Å². The molecule has 4 nitrogen and oxygen atoms in total. The number of hydrogen-bond donors (Lipinski definition) is 0. The van der Waals surface area contributed by atoms with E-state index < -0.39 is 20.6 Å². The van der Waals surface area contributed by atoms with E-state index in [1.54, 1.807) is 12.2 Å². The van der Waals surface area contributed by atoms with Crippen LogP contribution in [0.2, 0.25) is 0 Å². The van der Waals surface area contributed by atoms with Gasteiger partial charge in [-0.2, -0.15) is 16.8 Å². The fourth-order valence-corrected chi connectivity index (χ4v) is 2.64. The highest BCUT2D eigenvalue weighted by atomic mass is 32.2. The zero-order chi connectivity index (χ0) is 11.7. The van der Waals surface area contributed by atoms with Crippen molar-refractivity contribution in [2.75, 3.05) is 0 Å². The molecule has 82 valence electrons. The molecule has 0 heterocycles. The second kappa shape index (κ2) is 4.07. The maximum atomic E-state index is 10.9. The molecule has 0 radical (unpaired) electrons. The quantitative estimate of drug-likeness (QED) is 0.574. The first-order valence-corrected chi connectivity index (χ1v) is 6.46. The molecule has 0 saturated heterocycles. The normalized spacial score (nSPS) is 17.8. The number of hydrogen-bond acceptors (Lipinski definition) is 4. The molecule has 0 atom stereocenters. The highest BCUT2D eigenvalue weighted by Crippen LogP contribution is 2.22. The molecule has 0 spiro atoms. The average Bonchev–Trinajstić information content (AvgIpc) is 2.27. The molecule has 2 aliphatic carbocycles. The topological polar surface area (TPSA) is 68.3 Å². The summed E-state index contributed by atoms with van der Waals surface area (Å²) in [5, 5.41) is 0. The van der Waals surface area contributed by atoms with Gasteiger partial charge in [-0.1, -0.05) is 24.3 Å². The zero-order valence-electron chi connectivity index (χ0n) is 7.91. The number of allylic oxidation sites excluding steroid dienone is 8. The smallest absolute Gasteiger partial charge is 0.184 e. The highest BCUT2D eigenvalue weighted by molar-refractivity contribution is 7.74. The summed E-state index contributed by atoms with van der Waals surface area (Å²) in [6.45, 7) is 0. The summed E-state index contributed by atoms with van der Waals surface area (Å²) >= 11 is 0. The summed E-state index contributed by atoms with van der Waals surface area (Å²) in [7, 11) is -4.75.